The van der Waals surface area contributed by atoms with Gasteiger partial charge in [-0.2, -0.15) is 5.56 Å². The van der Waals surface area contributed by atoms with Gasteiger partial charge in [-0.1, -0.05) is 260 Å². The van der Waals surface area contributed by atoms with E-state index in [1.165, 1.54) is 93.4 Å². The maximum Gasteiger partial charge on any atom is 4.00 e. The molecule has 10 aromatic rings. The molecule has 0 heterocycles. The molecular weight excluding hydrogens is 1010 g/mol. The molecular formula is C69H57Cl3SiTi. The SMILES string of the molecule is [C-]1=Cc2ccccc2C1[Si](c1cc(Cc2ccccc2)cc(Cc2ccccc2)c1)(c1cc(Cc2ccccc2)cc(Cc2ccccc2)c1)c1cc(Cc2ccccc2)cc(Cc2ccccc2)c1.[Cl-].[Cl-].[Cl-].[Ti+4]. The normalized spacial score (nSPS) is 12.3. The molecule has 0 aromatic heterocycles. The molecule has 0 spiro atoms. The van der Waals surface area contributed by atoms with Crippen LogP contribution in [0, 0.1) is 6.08 Å². The van der Waals surface area contributed by atoms with Gasteiger partial charge in [0.05, 0.1) is 0 Å². The summed E-state index contributed by atoms with van der Waals surface area (Å²) in [6, 6.07) is 98.6. The number of halogens is 3. The van der Waals surface area contributed by atoms with Gasteiger partial charge in [0, 0.05) is 0 Å². The average Bonchev–Trinajstić information content (AvgIpc) is 3.83. The summed E-state index contributed by atoms with van der Waals surface area (Å²) in [7, 11) is -3.28. The van der Waals surface area contributed by atoms with Crippen LogP contribution >= 0.6 is 0 Å². The summed E-state index contributed by atoms with van der Waals surface area (Å²) in [4.78, 5) is 0. The molecule has 0 nitrogen and oxygen atoms in total. The molecule has 0 radical (unpaired) electrons. The van der Waals surface area contributed by atoms with Crippen LogP contribution in [0.2, 0.25) is 0 Å². The molecule has 0 saturated heterocycles. The largest absolute Gasteiger partial charge is 4.00 e. The Morgan fingerprint density at radius 2 is 0.500 bits per heavy atom. The zero-order chi connectivity index (χ0) is 47.0. The Kier molecular flexibility index (Phi) is 19.7. The van der Waals surface area contributed by atoms with Crippen LogP contribution in [-0.4, -0.2) is 8.07 Å². The fourth-order valence-corrected chi connectivity index (χ4v) is 16.6. The average molecular weight is 1070 g/mol. The predicted molar refractivity (Wildman–Crippen MR) is 296 cm³/mol. The third-order valence-electron chi connectivity index (χ3n) is 14.2. The van der Waals surface area contributed by atoms with Gasteiger partial charge in [-0.25, -0.2) is 6.08 Å². The van der Waals surface area contributed by atoms with Crippen molar-refractivity contribution in [2.24, 2.45) is 0 Å². The molecule has 1 atom stereocenters. The van der Waals surface area contributed by atoms with E-state index in [0.29, 0.717) is 0 Å². The van der Waals surface area contributed by atoms with Crippen LogP contribution in [0.25, 0.3) is 6.08 Å². The van der Waals surface area contributed by atoms with E-state index in [9.17, 15) is 0 Å². The van der Waals surface area contributed by atoms with Crippen molar-refractivity contribution in [3.8, 4) is 0 Å². The molecule has 74 heavy (non-hydrogen) atoms. The summed E-state index contributed by atoms with van der Waals surface area (Å²) >= 11 is 0. The van der Waals surface area contributed by atoms with Crippen molar-refractivity contribution in [2.75, 3.05) is 0 Å². The first kappa shape index (κ1) is 55.5. The van der Waals surface area contributed by atoms with Gasteiger partial charge in [0.2, 0.25) is 0 Å². The predicted octanol–water partition coefficient (Wildman–Crippen LogP) is 4.86. The Morgan fingerprint density at radius 3 is 0.757 bits per heavy atom. The zero-order valence-electron chi connectivity index (χ0n) is 41.4. The fraction of sp³-hybridized carbons (Fsp3) is 0.101. The minimum absolute atomic E-state index is 0. The quantitative estimate of drug-likeness (QED) is 0.0738. The van der Waals surface area contributed by atoms with Gasteiger partial charge in [0.25, 0.3) is 0 Å². The maximum atomic E-state index is 4.21. The smallest absolute Gasteiger partial charge is 1.00 e. The van der Waals surface area contributed by atoms with Crippen LogP contribution in [0.5, 0.6) is 0 Å². The van der Waals surface area contributed by atoms with Gasteiger partial charge < -0.3 is 37.2 Å². The van der Waals surface area contributed by atoms with Crippen molar-refractivity contribution in [1.82, 2.24) is 0 Å². The molecule has 5 heteroatoms. The molecule has 1 unspecified atom stereocenters. The number of fused-ring (bicyclic) bond motifs is 1. The van der Waals surface area contributed by atoms with Crippen molar-refractivity contribution in [2.45, 2.75) is 44.1 Å². The Labute approximate surface area is 473 Å². The monoisotopic (exact) mass is 1070 g/mol. The molecule has 0 amide bonds. The Hall–Kier alpha value is -6.26. The summed E-state index contributed by atoms with van der Waals surface area (Å²) in [6.45, 7) is 0. The maximum absolute atomic E-state index is 4.21. The molecule has 10 aromatic carbocycles. The first-order valence-electron chi connectivity index (χ1n) is 24.9. The van der Waals surface area contributed by atoms with E-state index in [1.807, 2.05) is 0 Å². The summed E-state index contributed by atoms with van der Waals surface area (Å²) in [5.41, 5.74) is 18.6. The fourth-order valence-electron chi connectivity index (χ4n) is 11.1. The molecule has 362 valence electrons. The molecule has 0 N–H and O–H groups in total. The van der Waals surface area contributed by atoms with E-state index in [0.717, 1.165) is 38.5 Å². The summed E-state index contributed by atoms with van der Waals surface area (Å²) < 4.78 is 0. The number of benzene rings is 10. The van der Waals surface area contributed by atoms with Crippen molar-refractivity contribution < 1.29 is 58.9 Å². The van der Waals surface area contributed by atoms with Gasteiger partial charge in [-0.05, 0) is 121 Å². The zero-order valence-corrected chi connectivity index (χ0v) is 46.2. The van der Waals surface area contributed by atoms with Crippen LogP contribution < -0.4 is 52.8 Å². The Balaban J connectivity index is 0.00000200. The van der Waals surface area contributed by atoms with Crippen molar-refractivity contribution >= 4 is 29.7 Å². The number of hydrogen-bond acceptors (Lipinski definition) is 0. The second kappa shape index (κ2) is 26.3. The van der Waals surface area contributed by atoms with E-state index in [2.05, 4.69) is 273 Å². The molecule has 0 fully saturated rings. The van der Waals surface area contributed by atoms with Crippen LogP contribution in [0.1, 0.15) is 83.4 Å². The van der Waals surface area contributed by atoms with E-state index < -0.39 is 8.07 Å². The van der Waals surface area contributed by atoms with E-state index >= 15 is 0 Å². The van der Waals surface area contributed by atoms with Crippen LogP contribution in [0.3, 0.4) is 0 Å². The van der Waals surface area contributed by atoms with Gasteiger partial charge in [-0.15, -0.1) is 11.6 Å². The number of allylic oxidation sites excluding steroid dienone is 1. The minimum atomic E-state index is -3.28. The molecule has 1 aliphatic rings. The van der Waals surface area contributed by atoms with E-state index in [4.69, 9.17) is 0 Å². The van der Waals surface area contributed by atoms with Gasteiger partial charge in [0.15, 0.2) is 0 Å². The second-order valence-corrected chi connectivity index (χ2v) is 23.2. The summed E-state index contributed by atoms with van der Waals surface area (Å²) in [6.07, 6.45) is 11.6. The van der Waals surface area contributed by atoms with Crippen LogP contribution in [-0.2, 0) is 60.2 Å². The molecule has 1 aliphatic carbocycles. The summed E-state index contributed by atoms with van der Waals surface area (Å²) in [5.74, 6) is 0. The van der Waals surface area contributed by atoms with Crippen molar-refractivity contribution in [1.29, 1.82) is 0 Å². The summed E-state index contributed by atoms with van der Waals surface area (Å²) in [5, 5.41) is 4.29. The van der Waals surface area contributed by atoms with Crippen molar-refractivity contribution in [3.05, 3.63) is 345 Å². The number of rotatable bonds is 16. The first-order valence-corrected chi connectivity index (χ1v) is 27.0. The standard InChI is InChI=1S/C69H57Si.3ClH.Ti/c1-7-21-52(22-8-1)37-58-43-59(38-53-23-9-2-10-24-53)47-65(46-58)70(69-36-35-64-33-19-20-34-68(64)69,66-48-60(39-54-25-11-3-12-26-54)44-61(49-66)40-55-27-13-4-14-28-55)67-50-62(41-56-29-15-5-16-30-56)45-63(51-67)42-57-31-17-6-18-32-57;;;;/h1-35,43-51,69H,37-42H2;3*1H;/q-1;;;;+4/p-3. The third kappa shape index (κ3) is 13.0. The van der Waals surface area contributed by atoms with Crippen LogP contribution in [0.15, 0.2) is 261 Å². The molecule has 0 aliphatic heterocycles. The van der Waals surface area contributed by atoms with Gasteiger partial charge in [-0.3, -0.25) is 6.08 Å². The number of hydrogen-bond donors (Lipinski definition) is 0. The van der Waals surface area contributed by atoms with Gasteiger partial charge >= 0.3 is 21.7 Å². The second-order valence-electron chi connectivity index (χ2n) is 19.3. The molecule has 0 bridgehead atoms. The van der Waals surface area contributed by atoms with Crippen molar-refractivity contribution in [3.63, 3.8) is 0 Å². The first-order chi connectivity index (χ1) is 34.6. The topological polar surface area (TPSA) is 0 Å². The van der Waals surface area contributed by atoms with E-state index in [-0.39, 0.29) is 64.5 Å². The molecule has 11 rings (SSSR count). The Morgan fingerprint density at radius 1 is 0.270 bits per heavy atom. The minimum Gasteiger partial charge on any atom is -1.00 e. The van der Waals surface area contributed by atoms with Crippen LogP contribution in [0.4, 0.5) is 0 Å². The third-order valence-corrected chi connectivity index (χ3v) is 19.1. The Bertz CT molecular complexity index is 2870. The molecule has 0 saturated carbocycles. The van der Waals surface area contributed by atoms with Gasteiger partial charge in [0.1, 0.15) is 8.07 Å². The van der Waals surface area contributed by atoms with E-state index in [1.54, 1.807) is 0 Å².